The first-order valence-corrected chi connectivity index (χ1v) is 40.0. The van der Waals surface area contributed by atoms with Crippen LogP contribution in [0.15, 0.2) is 97.2 Å². The fraction of sp³-hybridized carbons (Fsp3) is 0.778. The summed E-state index contributed by atoms with van der Waals surface area (Å²) in [5, 5.41) is 3.05. The molecule has 0 aromatic rings. The second kappa shape index (κ2) is 69.8. The predicted octanol–water partition coefficient (Wildman–Crippen LogP) is 24.4. The number of phosphoric ester groups is 1. The molecule has 0 rings (SSSR count). The van der Waals surface area contributed by atoms with Gasteiger partial charge in [0.2, 0.25) is 5.91 Å². The van der Waals surface area contributed by atoms with E-state index in [4.69, 9.17) is 13.8 Å². The summed E-state index contributed by atoms with van der Waals surface area (Å²) in [6.07, 6.45) is 95.5. The molecule has 0 aromatic heterocycles. The van der Waals surface area contributed by atoms with E-state index in [9.17, 15) is 19.0 Å². The second-order valence-corrected chi connectivity index (χ2v) is 28.5. The highest BCUT2D eigenvalue weighted by Gasteiger charge is 2.27. The number of carbonyl (C=O) groups is 2. The first kappa shape index (κ1) is 87.9. The molecule has 528 valence electrons. The lowest BCUT2D eigenvalue weighted by Crippen LogP contribution is -2.47. The lowest BCUT2D eigenvalue weighted by Gasteiger charge is -2.30. The Hall–Kier alpha value is -3.07. The van der Waals surface area contributed by atoms with Crippen molar-refractivity contribution in [3.8, 4) is 0 Å². The summed E-state index contributed by atoms with van der Waals surface area (Å²) in [7, 11) is 1.19. The maximum Gasteiger partial charge on any atom is 0.306 e. The minimum atomic E-state index is -4.71. The van der Waals surface area contributed by atoms with E-state index in [2.05, 4.69) is 111 Å². The van der Waals surface area contributed by atoms with Gasteiger partial charge in [-0.05, 0) is 109 Å². The smallest absolute Gasteiger partial charge is 0.306 e. The quantitative estimate of drug-likeness (QED) is 0.0212. The van der Waals surface area contributed by atoms with Gasteiger partial charge in [-0.1, -0.05) is 330 Å². The molecule has 0 radical (unpaired) electrons. The van der Waals surface area contributed by atoms with Crippen molar-refractivity contribution < 1.29 is 37.3 Å². The molecule has 0 aliphatic carbocycles. The van der Waals surface area contributed by atoms with E-state index in [-0.39, 0.29) is 24.9 Å². The van der Waals surface area contributed by atoms with Crippen LogP contribution >= 0.6 is 7.82 Å². The first-order chi connectivity index (χ1) is 44.4. The molecule has 3 atom stereocenters. The zero-order chi connectivity index (χ0) is 66.3. The van der Waals surface area contributed by atoms with Crippen molar-refractivity contribution >= 4 is 19.7 Å². The summed E-state index contributed by atoms with van der Waals surface area (Å²) in [4.78, 5) is 40.3. The van der Waals surface area contributed by atoms with Crippen molar-refractivity contribution in [2.75, 3.05) is 40.9 Å². The van der Waals surface area contributed by atoms with Crippen LogP contribution in [0.3, 0.4) is 0 Å². The Morgan fingerprint density at radius 2 is 0.703 bits per heavy atom. The van der Waals surface area contributed by atoms with Gasteiger partial charge in [0.05, 0.1) is 33.8 Å². The van der Waals surface area contributed by atoms with Crippen molar-refractivity contribution in [3.63, 3.8) is 0 Å². The molecule has 3 unspecified atom stereocenters. The van der Waals surface area contributed by atoms with E-state index in [1.807, 2.05) is 33.3 Å². The summed E-state index contributed by atoms with van der Waals surface area (Å²) < 4.78 is 30.5. The number of unbranched alkanes of at least 4 members (excludes halogenated alkanes) is 40. The summed E-state index contributed by atoms with van der Waals surface area (Å²) >= 11 is 0. The third kappa shape index (κ3) is 71.1. The Bertz CT molecular complexity index is 1880. The lowest BCUT2D eigenvalue weighted by atomic mass is 10.0. The second-order valence-electron chi connectivity index (χ2n) is 27.1. The van der Waals surface area contributed by atoms with Gasteiger partial charge in [0.15, 0.2) is 0 Å². The van der Waals surface area contributed by atoms with Crippen LogP contribution in [0.25, 0.3) is 0 Å². The molecule has 0 saturated carbocycles. The van der Waals surface area contributed by atoms with E-state index < -0.39 is 26.6 Å². The van der Waals surface area contributed by atoms with E-state index in [1.54, 1.807) is 0 Å². The van der Waals surface area contributed by atoms with Crippen LogP contribution in [0, 0.1) is 0 Å². The number of amides is 1. The highest BCUT2D eigenvalue weighted by atomic mass is 31.2. The van der Waals surface area contributed by atoms with Gasteiger partial charge in [-0.25, -0.2) is 0 Å². The van der Waals surface area contributed by atoms with Crippen molar-refractivity contribution in [2.45, 2.75) is 367 Å². The van der Waals surface area contributed by atoms with E-state index in [0.29, 0.717) is 17.4 Å². The van der Waals surface area contributed by atoms with Gasteiger partial charge in [-0.15, -0.1) is 0 Å². The number of likely N-dealkylation sites (N-methyl/N-ethyl adjacent to an activating group) is 1. The summed E-state index contributed by atoms with van der Waals surface area (Å²) in [6.45, 7) is 6.74. The number of rotatable bonds is 70. The Morgan fingerprint density at radius 3 is 1.08 bits per heavy atom. The number of esters is 1. The fourth-order valence-electron chi connectivity index (χ4n) is 11.1. The molecular formula is C81H147N2O7P. The standard InChI is InChI=1S/C81H147N2O7P/c1-7-10-13-16-19-22-25-27-29-31-33-35-37-39-41-43-45-47-49-51-53-55-58-61-64-67-70-73-80(84)82-78(77-89-91(86,87)88-76-75-83(4,5)6)79(72-69-66-63-60-57-24-21-18-15-12-9-3)90-81(85)74-71-68-65-62-59-56-54-52-50-48-46-44-42-40-38-36-34-32-30-28-26-23-20-17-14-11-8-2/h11,14,19-20,22-23,27-30,34,36,40,42,69,72,78-79H,7-10,12-13,15-18,21,24-26,31-33,35,37-39,41,43-68,70-71,73-77H2,1-6H3,(H-,82,84,86,87)/b14-11-,22-19-,23-20-,29-27-,30-28-,36-34-,42-40-,72-69+. The number of hydrogen-bond acceptors (Lipinski definition) is 7. The van der Waals surface area contributed by atoms with Gasteiger partial charge in [-0.3, -0.25) is 14.2 Å². The van der Waals surface area contributed by atoms with Crippen molar-refractivity contribution in [1.82, 2.24) is 5.32 Å². The van der Waals surface area contributed by atoms with Crippen molar-refractivity contribution in [2.24, 2.45) is 0 Å². The van der Waals surface area contributed by atoms with Crippen molar-refractivity contribution in [1.29, 1.82) is 0 Å². The van der Waals surface area contributed by atoms with Crippen LogP contribution in [0.5, 0.6) is 0 Å². The third-order valence-corrected chi connectivity index (χ3v) is 18.0. The number of nitrogens with zero attached hydrogens (tertiary/aromatic N) is 1. The normalized spacial score (nSPS) is 14.0. The summed E-state index contributed by atoms with van der Waals surface area (Å²) in [5.41, 5.74) is 0. The average Bonchev–Trinajstić information content (AvgIpc) is 3.03. The number of hydrogen-bond donors (Lipinski definition) is 1. The van der Waals surface area contributed by atoms with E-state index in [0.717, 1.165) is 96.3 Å². The Morgan fingerprint density at radius 1 is 0.396 bits per heavy atom. The van der Waals surface area contributed by atoms with Crippen LogP contribution in [0.1, 0.15) is 355 Å². The topological polar surface area (TPSA) is 114 Å². The molecule has 0 saturated heterocycles. The highest BCUT2D eigenvalue weighted by molar-refractivity contribution is 7.45. The SMILES string of the molecule is CC/C=C\C/C=C\C/C=C\C/C=C\C/C=C\CCCCCCCCCCCCCC(=O)OC(/C=C/CCCCCCCCCCC)C(COP(=O)([O-])OCC[N+](C)(C)C)NC(=O)CCCCCCCCCCCCCCCCCCC/C=C\C/C=C\CCCCC. The van der Waals surface area contributed by atoms with Crippen LogP contribution < -0.4 is 10.2 Å². The maximum atomic E-state index is 13.6. The average molecular weight is 1290 g/mol. The zero-order valence-electron chi connectivity index (χ0n) is 60.5. The molecule has 0 aliphatic rings. The molecule has 0 aromatic carbocycles. The molecule has 9 nitrogen and oxygen atoms in total. The zero-order valence-corrected chi connectivity index (χ0v) is 61.4. The van der Waals surface area contributed by atoms with Crippen molar-refractivity contribution in [3.05, 3.63) is 97.2 Å². The van der Waals surface area contributed by atoms with E-state index in [1.165, 1.54) is 225 Å². The van der Waals surface area contributed by atoms with Gasteiger partial charge >= 0.3 is 5.97 Å². The molecule has 1 amide bonds. The minimum Gasteiger partial charge on any atom is -0.756 e. The Kier molecular flexibility index (Phi) is 67.4. The molecule has 0 bridgehead atoms. The Balaban J connectivity index is 4.91. The monoisotopic (exact) mass is 1290 g/mol. The molecular weight excluding hydrogens is 1140 g/mol. The predicted molar refractivity (Wildman–Crippen MR) is 394 cm³/mol. The maximum absolute atomic E-state index is 13.6. The number of allylic oxidation sites excluding steroid dienone is 15. The molecule has 0 heterocycles. The number of carbonyl (C=O) groups excluding carboxylic acids is 2. The van der Waals surface area contributed by atoms with Crippen LogP contribution in [0.4, 0.5) is 0 Å². The number of quaternary nitrogens is 1. The summed E-state index contributed by atoms with van der Waals surface area (Å²) in [6, 6.07) is -0.894. The van der Waals surface area contributed by atoms with Gasteiger partial charge in [0, 0.05) is 12.8 Å². The van der Waals surface area contributed by atoms with Gasteiger partial charge in [-0.2, -0.15) is 0 Å². The number of phosphoric acid groups is 1. The Labute approximate surface area is 564 Å². The molecule has 0 spiro atoms. The largest absolute Gasteiger partial charge is 0.756 e. The minimum absolute atomic E-state index is 0.0246. The van der Waals surface area contributed by atoms with Crippen LogP contribution in [-0.2, 0) is 27.9 Å². The fourth-order valence-corrected chi connectivity index (χ4v) is 11.8. The lowest BCUT2D eigenvalue weighted by molar-refractivity contribution is -0.870. The highest BCUT2D eigenvalue weighted by Crippen LogP contribution is 2.38. The van der Waals surface area contributed by atoms with E-state index >= 15 is 0 Å². The molecule has 91 heavy (non-hydrogen) atoms. The van der Waals surface area contributed by atoms with Crippen LogP contribution in [-0.4, -0.2) is 69.4 Å². The molecule has 10 heteroatoms. The molecule has 0 fully saturated rings. The molecule has 1 N–H and O–H groups in total. The van der Waals surface area contributed by atoms with Gasteiger partial charge in [0.25, 0.3) is 7.82 Å². The van der Waals surface area contributed by atoms with Gasteiger partial charge < -0.3 is 28.5 Å². The molecule has 0 aliphatic heterocycles. The summed E-state index contributed by atoms with van der Waals surface area (Å²) in [5.74, 6) is -0.535. The number of ether oxygens (including phenoxy) is 1. The number of nitrogens with one attached hydrogen (secondary N) is 1. The van der Waals surface area contributed by atoms with Gasteiger partial charge in [0.1, 0.15) is 19.3 Å². The first-order valence-electron chi connectivity index (χ1n) is 38.5. The van der Waals surface area contributed by atoms with Crippen LogP contribution in [0.2, 0.25) is 0 Å². The third-order valence-electron chi connectivity index (χ3n) is 17.0.